The topological polar surface area (TPSA) is 118 Å². The van der Waals surface area contributed by atoms with Gasteiger partial charge in [0.15, 0.2) is 0 Å². The minimum Gasteiger partial charge on any atom is -0.478 e. The van der Waals surface area contributed by atoms with Gasteiger partial charge < -0.3 is 14.9 Å². The highest BCUT2D eigenvalue weighted by Crippen LogP contribution is 2.34. The molecule has 0 aliphatic carbocycles. The Morgan fingerprint density at radius 1 is 1.06 bits per heavy atom. The Hall–Kier alpha value is -2.22. The molecular formula is C8H2O7S. The molecule has 0 bridgehead atoms. The molecule has 1 aromatic rings. The second-order valence-electron chi connectivity index (χ2n) is 2.80. The number of rotatable bonds is 2. The molecule has 1 aromatic heterocycles. The van der Waals surface area contributed by atoms with E-state index in [0.29, 0.717) is 11.3 Å². The van der Waals surface area contributed by atoms with Gasteiger partial charge in [-0.05, 0) is 0 Å². The molecule has 2 heterocycles. The number of thiophene rings is 1. The highest BCUT2D eigenvalue weighted by molar-refractivity contribution is 7.16. The van der Waals surface area contributed by atoms with Gasteiger partial charge in [0.2, 0.25) is 0 Å². The van der Waals surface area contributed by atoms with Gasteiger partial charge in [-0.1, -0.05) is 0 Å². The second-order valence-corrected chi connectivity index (χ2v) is 3.82. The number of esters is 2. The first-order valence-corrected chi connectivity index (χ1v) is 4.65. The largest absolute Gasteiger partial charge is 0.478 e. The Morgan fingerprint density at radius 2 is 1.69 bits per heavy atom. The Morgan fingerprint density at radius 3 is 2.19 bits per heavy atom. The van der Waals surface area contributed by atoms with Crippen LogP contribution < -0.4 is 0 Å². The van der Waals surface area contributed by atoms with Gasteiger partial charge in [0.1, 0.15) is 20.9 Å². The average Bonchev–Trinajstić information content (AvgIpc) is 2.66. The lowest BCUT2D eigenvalue weighted by molar-refractivity contribution is 0.0440. The minimum atomic E-state index is -1.58. The highest BCUT2D eigenvalue weighted by atomic mass is 32.1. The first-order valence-electron chi connectivity index (χ1n) is 3.83. The molecule has 1 aliphatic rings. The van der Waals surface area contributed by atoms with Crippen LogP contribution in [0.5, 0.6) is 0 Å². The zero-order valence-electron chi connectivity index (χ0n) is 7.34. The Kier molecular flexibility index (Phi) is 2.02. The number of aromatic carboxylic acids is 2. The Labute approximate surface area is 90.9 Å². The smallest absolute Gasteiger partial charge is 0.357 e. The summed E-state index contributed by atoms with van der Waals surface area (Å²) >= 11 is 0.421. The van der Waals surface area contributed by atoms with Crippen LogP contribution in [-0.4, -0.2) is 34.1 Å². The third-order valence-electron chi connectivity index (χ3n) is 1.89. The molecule has 0 saturated carbocycles. The van der Waals surface area contributed by atoms with E-state index in [2.05, 4.69) is 4.74 Å². The Bertz CT molecular complexity index is 553. The number of carbonyl (C=O) groups excluding carboxylic acids is 2. The van der Waals surface area contributed by atoms with Gasteiger partial charge in [-0.3, -0.25) is 0 Å². The SMILES string of the molecule is O=C(O)c1sc2c(c1C(=O)O)C(=O)OC2=O. The van der Waals surface area contributed by atoms with Crippen molar-refractivity contribution in [3.8, 4) is 0 Å². The number of cyclic esters (lactones) is 2. The van der Waals surface area contributed by atoms with Crippen LogP contribution in [0.1, 0.15) is 40.1 Å². The van der Waals surface area contributed by atoms with Crippen molar-refractivity contribution in [3.63, 3.8) is 0 Å². The van der Waals surface area contributed by atoms with Gasteiger partial charge in [0, 0.05) is 0 Å². The van der Waals surface area contributed by atoms with Crippen LogP contribution >= 0.6 is 11.3 Å². The minimum absolute atomic E-state index is 0.278. The van der Waals surface area contributed by atoms with Gasteiger partial charge in [0.25, 0.3) is 0 Å². The third-order valence-corrected chi connectivity index (χ3v) is 3.05. The van der Waals surface area contributed by atoms with Crippen molar-refractivity contribution in [2.75, 3.05) is 0 Å². The predicted molar refractivity (Wildman–Crippen MR) is 48.0 cm³/mol. The van der Waals surface area contributed by atoms with Crippen LogP contribution in [-0.2, 0) is 4.74 Å². The van der Waals surface area contributed by atoms with Crippen molar-refractivity contribution >= 4 is 35.2 Å². The van der Waals surface area contributed by atoms with E-state index in [-0.39, 0.29) is 4.88 Å². The summed E-state index contributed by atoms with van der Waals surface area (Å²) in [6.45, 7) is 0. The lowest BCUT2D eigenvalue weighted by Crippen LogP contribution is -2.09. The average molecular weight is 242 g/mol. The molecule has 7 nitrogen and oxygen atoms in total. The number of carbonyl (C=O) groups is 4. The van der Waals surface area contributed by atoms with Crippen molar-refractivity contribution in [2.45, 2.75) is 0 Å². The van der Waals surface area contributed by atoms with E-state index in [9.17, 15) is 19.2 Å². The van der Waals surface area contributed by atoms with Crippen LogP contribution in [0.15, 0.2) is 0 Å². The van der Waals surface area contributed by atoms with E-state index >= 15 is 0 Å². The molecule has 0 saturated heterocycles. The van der Waals surface area contributed by atoms with E-state index in [1.807, 2.05) is 0 Å². The molecule has 0 fully saturated rings. The molecule has 8 heteroatoms. The van der Waals surface area contributed by atoms with Crippen molar-refractivity contribution in [1.29, 1.82) is 0 Å². The van der Waals surface area contributed by atoms with E-state index in [4.69, 9.17) is 10.2 Å². The van der Waals surface area contributed by atoms with Gasteiger partial charge in [-0.15, -0.1) is 11.3 Å². The molecule has 0 amide bonds. The zero-order chi connectivity index (χ0) is 12.0. The number of ether oxygens (including phenoxy) is 1. The Balaban J connectivity index is 2.79. The van der Waals surface area contributed by atoms with Crippen LogP contribution in [0.4, 0.5) is 0 Å². The summed E-state index contributed by atoms with van der Waals surface area (Å²) < 4.78 is 4.17. The van der Waals surface area contributed by atoms with Crippen LogP contribution in [0.25, 0.3) is 0 Å². The maximum Gasteiger partial charge on any atom is 0.357 e. The fourth-order valence-corrected chi connectivity index (χ4v) is 2.30. The van der Waals surface area contributed by atoms with E-state index in [1.165, 1.54) is 0 Å². The summed E-state index contributed by atoms with van der Waals surface area (Å²) in [4.78, 5) is 42.9. The number of carboxylic acid groups (broad SMARTS) is 2. The van der Waals surface area contributed by atoms with Crippen LogP contribution in [0, 0.1) is 0 Å². The fourth-order valence-electron chi connectivity index (χ4n) is 1.31. The number of hydrogen-bond acceptors (Lipinski definition) is 6. The van der Waals surface area contributed by atoms with Crippen molar-refractivity contribution in [1.82, 2.24) is 0 Å². The maximum atomic E-state index is 11.1. The molecule has 1 aliphatic heterocycles. The summed E-state index contributed by atoms with van der Waals surface area (Å²) in [6.07, 6.45) is 0. The summed E-state index contributed by atoms with van der Waals surface area (Å²) in [5.74, 6) is -5.22. The molecule has 0 radical (unpaired) electrons. The molecule has 2 N–H and O–H groups in total. The quantitative estimate of drug-likeness (QED) is 0.571. The monoisotopic (exact) mass is 242 g/mol. The standard InChI is InChI=1S/C8H2O7S/c9-5(10)1-2-4(8(14)15-7(2)13)16-3(1)6(11)12/h(H,9,10)(H,11,12). The zero-order valence-corrected chi connectivity index (χ0v) is 8.16. The molecule has 0 atom stereocenters. The third kappa shape index (κ3) is 1.20. The van der Waals surface area contributed by atoms with E-state index < -0.39 is 39.9 Å². The first-order chi connectivity index (χ1) is 7.43. The predicted octanol–water partition coefficient (Wildman–Crippen LogP) is 0.455. The van der Waals surface area contributed by atoms with E-state index in [1.54, 1.807) is 0 Å². The van der Waals surface area contributed by atoms with Crippen molar-refractivity contribution in [2.24, 2.45) is 0 Å². The molecule has 0 aromatic carbocycles. The van der Waals surface area contributed by atoms with Gasteiger partial charge in [-0.2, -0.15) is 0 Å². The van der Waals surface area contributed by atoms with Gasteiger partial charge >= 0.3 is 23.9 Å². The first kappa shape index (κ1) is 10.3. The summed E-state index contributed by atoms with van der Waals surface area (Å²) in [7, 11) is 0. The normalized spacial score (nSPS) is 13.5. The molecule has 0 spiro atoms. The van der Waals surface area contributed by atoms with Crippen LogP contribution in [0.3, 0.4) is 0 Å². The highest BCUT2D eigenvalue weighted by Gasteiger charge is 2.40. The summed E-state index contributed by atoms with van der Waals surface area (Å²) in [5.41, 5.74) is -1.16. The summed E-state index contributed by atoms with van der Waals surface area (Å²) in [6, 6.07) is 0. The van der Waals surface area contributed by atoms with Gasteiger partial charge in [0.05, 0.1) is 0 Å². The second kappa shape index (κ2) is 3.14. The fraction of sp³-hybridized carbons (Fsp3) is 0. The lowest BCUT2D eigenvalue weighted by atomic mass is 10.1. The molecule has 16 heavy (non-hydrogen) atoms. The summed E-state index contributed by atoms with van der Waals surface area (Å²) in [5, 5.41) is 17.5. The number of fused-ring (bicyclic) bond motifs is 1. The number of hydrogen-bond donors (Lipinski definition) is 2. The maximum absolute atomic E-state index is 11.1. The van der Waals surface area contributed by atoms with Crippen LogP contribution in [0.2, 0.25) is 0 Å². The van der Waals surface area contributed by atoms with Crippen molar-refractivity contribution < 1.29 is 34.1 Å². The lowest BCUT2D eigenvalue weighted by Gasteiger charge is -1.95. The van der Waals surface area contributed by atoms with Gasteiger partial charge in [-0.25, -0.2) is 19.2 Å². The number of carboxylic acids is 2. The van der Waals surface area contributed by atoms with E-state index in [0.717, 1.165) is 0 Å². The molecule has 2 rings (SSSR count). The molecule has 0 unspecified atom stereocenters. The molecule has 82 valence electrons. The van der Waals surface area contributed by atoms with Crippen molar-refractivity contribution in [3.05, 3.63) is 20.9 Å². The molecular weight excluding hydrogens is 240 g/mol.